The number of aryl methyl sites for hydroxylation is 3. The zero-order valence-electron chi connectivity index (χ0n) is 15.4. The van der Waals surface area contributed by atoms with Crippen molar-refractivity contribution in [1.82, 2.24) is 10.1 Å². The Hall–Kier alpha value is -1.69. The van der Waals surface area contributed by atoms with Gasteiger partial charge in [0.25, 0.3) is 0 Å². The number of likely N-dealkylation sites (N-methyl/N-ethyl adjacent to an activating group) is 1. The summed E-state index contributed by atoms with van der Waals surface area (Å²) in [6.45, 7) is 5.48. The lowest BCUT2D eigenvalue weighted by molar-refractivity contribution is -0.0266. The van der Waals surface area contributed by atoms with Gasteiger partial charge in [-0.3, -0.25) is 4.90 Å². The van der Waals surface area contributed by atoms with Crippen LogP contribution in [-0.4, -0.2) is 41.5 Å². The number of ether oxygens (including phenoxy) is 1. The van der Waals surface area contributed by atoms with Gasteiger partial charge in [0.15, 0.2) is 0 Å². The van der Waals surface area contributed by atoms with Crippen molar-refractivity contribution in [2.24, 2.45) is 0 Å². The summed E-state index contributed by atoms with van der Waals surface area (Å²) in [5, 5.41) is 14.3. The maximum atomic E-state index is 10.4. The van der Waals surface area contributed by atoms with Crippen molar-refractivity contribution in [3.05, 3.63) is 52.4 Å². The third kappa shape index (κ3) is 4.48. The molecule has 1 aromatic heterocycles. The number of aliphatic hydroxyl groups is 1. The highest BCUT2D eigenvalue weighted by atomic mass is 16.5. The molecule has 2 aromatic rings. The summed E-state index contributed by atoms with van der Waals surface area (Å²) in [5.74, 6) is 0.842. The lowest BCUT2D eigenvalue weighted by atomic mass is 9.89. The molecule has 1 aliphatic carbocycles. The lowest BCUT2D eigenvalue weighted by Gasteiger charge is -2.27. The Kier molecular flexibility index (Phi) is 5.89. The minimum absolute atomic E-state index is 0.104. The van der Waals surface area contributed by atoms with Crippen molar-refractivity contribution in [3.8, 4) is 0 Å². The van der Waals surface area contributed by atoms with E-state index in [2.05, 4.69) is 34.3 Å². The monoisotopic (exact) mass is 344 g/mol. The maximum absolute atomic E-state index is 10.4. The minimum atomic E-state index is -0.514. The van der Waals surface area contributed by atoms with Gasteiger partial charge in [0.1, 0.15) is 5.76 Å². The Labute approximate surface area is 149 Å². The van der Waals surface area contributed by atoms with E-state index in [0.29, 0.717) is 19.7 Å². The molecule has 1 aromatic carbocycles. The first-order chi connectivity index (χ1) is 12.0. The molecule has 5 heteroatoms. The predicted octanol–water partition coefficient (Wildman–Crippen LogP) is 3.18. The highest BCUT2D eigenvalue weighted by Crippen LogP contribution is 2.32. The van der Waals surface area contributed by atoms with E-state index in [1.54, 1.807) is 0 Å². The summed E-state index contributed by atoms with van der Waals surface area (Å²) in [4.78, 5) is 2.08. The second-order valence-electron chi connectivity index (χ2n) is 7.07. The minimum Gasteiger partial charge on any atom is -0.389 e. The van der Waals surface area contributed by atoms with E-state index in [-0.39, 0.29) is 6.10 Å². The van der Waals surface area contributed by atoms with Gasteiger partial charge in [0.05, 0.1) is 24.5 Å². The summed E-state index contributed by atoms with van der Waals surface area (Å²) in [6.07, 6.45) is 2.88. The van der Waals surface area contributed by atoms with Gasteiger partial charge in [-0.1, -0.05) is 29.4 Å². The third-order valence-electron chi connectivity index (χ3n) is 4.94. The molecule has 0 saturated heterocycles. The van der Waals surface area contributed by atoms with Gasteiger partial charge in [-0.05, 0) is 51.3 Å². The van der Waals surface area contributed by atoms with Crippen LogP contribution in [0.2, 0.25) is 0 Å². The molecule has 5 nitrogen and oxygen atoms in total. The van der Waals surface area contributed by atoms with Gasteiger partial charge >= 0.3 is 0 Å². The van der Waals surface area contributed by atoms with E-state index in [4.69, 9.17) is 9.26 Å². The van der Waals surface area contributed by atoms with E-state index in [0.717, 1.165) is 36.3 Å². The largest absolute Gasteiger partial charge is 0.389 e. The van der Waals surface area contributed by atoms with E-state index < -0.39 is 6.10 Å². The molecule has 1 N–H and O–H groups in total. The molecule has 0 amide bonds. The summed E-state index contributed by atoms with van der Waals surface area (Å²) in [5.41, 5.74) is 4.67. The zero-order valence-corrected chi connectivity index (χ0v) is 15.4. The number of benzene rings is 1. The van der Waals surface area contributed by atoms with Crippen molar-refractivity contribution in [2.45, 2.75) is 51.9 Å². The molecule has 0 saturated carbocycles. The molecule has 3 rings (SSSR count). The topological polar surface area (TPSA) is 58.7 Å². The highest BCUT2D eigenvalue weighted by Gasteiger charge is 2.22. The van der Waals surface area contributed by atoms with Crippen LogP contribution in [0.1, 0.15) is 47.1 Å². The van der Waals surface area contributed by atoms with Crippen LogP contribution in [0.4, 0.5) is 0 Å². The first-order valence-corrected chi connectivity index (χ1v) is 9.02. The van der Waals surface area contributed by atoms with Crippen molar-refractivity contribution < 1.29 is 14.4 Å². The second-order valence-corrected chi connectivity index (χ2v) is 7.07. The van der Waals surface area contributed by atoms with Gasteiger partial charge < -0.3 is 14.4 Å². The van der Waals surface area contributed by atoms with Crippen molar-refractivity contribution in [1.29, 1.82) is 0 Å². The molecule has 0 bridgehead atoms. The fourth-order valence-corrected chi connectivity index (χ4v) is 3.58. The Morgan fingerprint density at radius 2 is 2.16 bits per heavy atom. The van der Waals surface area contributed by atoms with Gasteiger partial charge in [0.2, 0.25) is 0 Å². The molecule has 136 valence electrons. The van der Waals surface area contributed by atoms with E-state index in [1.807, 2.05) is 20.9 Å². The molecule has 0 spiro atoms. The average molecular weight is 344 g/mol. The summed E-state index contributed by atoms with van der Waals surface area (Å²) in [7, 11) is 1.99. The Morgan fingerprint density at radius 3 is 2.92 bits per heavy atom. The van der Waals surface area contributed by atoms with E-state index in [9.17, 15) is 5.11 Å². The van der Waals surface area contributed by atoms with Crippen molar-refractivity contribution >= 4 is 0 Å². The van der Waals surface area contributed by atoms with Crippen LogP contribution in [0.5, 0.6) is 0 Å². The fraction of sp³-hybridized carbons (Fsp3) is 0.550. The summed E-state index contributed by atoms with van der Waals surface area (Å²) < 4.78 is 11.2. The first kappa shape index (κ1) is 18.1. The Morgan fingerprint density at radius 1 is 1.36 bits per heavy atom. The van der Waals surface area contributed by atoms with Gasteiger partial charge in [-0.15, -0.1) is 0 Å². The number of aliphatic hydroxyl groups excluding tert-OH is 1. The van der Waals surface area contributed by atoms with Gasteiger partial charge in [0, 0.05) is 18.7 Å². The number of hydrogen-bond donors (Lipinski definition) is 1. The number of hydrogen-bond acceptors (Lipinski definition) is 5. The standard InChI is InChI=1S/C20H28N2O3/c1-14-19(15(2)25-21-14)12-22(3)11-17(23)13-24-20-10-6-8-16-7-4-5-9-18(16)20/h4-5,7,9,17,20,23H,6,8,10-13H2,1-3H3. The summed E-state index contributed by atoms with van der Waals surface area (Å²) >= 11 is 0. The van der Waals surface area contributed by atoms with Gasteiger partial charge in [-0.25, -0.2) is 0 Å². The van der Waals surface area contributed by atoms with Crippen LogP contribution in [0, 0.1) is 13.8 Å². The SMILES string of the molecule is Cc1noc(C)c1CN(C)CC(O)COC1CCCc2ccccc21. The lowest BCUT2D eigenvalue weighted by Crippen LogP contribution is -2.32. The smallest absolute Gasteiger partial charge is 0.138 e. The summed E-state index contributed by atoms with van der Waals surface area (Å²) in [6, 6.07) is 8.47. The normalized spacial score (nSPS) is 18.4. The molecule has 0 fully saturated rings. The quantitative estimate of drug-likeness (QED) is 0.836. The Bertz CT molecular complexity index is 678. The van der Waals surface area contributed by atoms with Crippen LogP contribution < -0.4 is 0 Å². The fourth-order valence-electron chi connectivity index (χ4n) is 3.58. The molecule has 2 atom stereocenters. The molecular formula is C20H28N2O3. The van der Waals surface area contributed by atoms with Crippen molar-refractivity contribution in [3.63, 3.8) is 0 Å². The van der Waals surface area contributed by atoms with Crippen LogP contribution in [-0.2, 0) is 17.7 Å². The van der Waals surface area contributed by atoms with Crippen LogP contribution in [0.25, 0.3) is 0 Å². The van der Waals surface area contributed by atoms with E-state index >= 15 is 0 Å². The Balaban J connectivity index is 1.49. The first-order valence-electron chi connectivity index (χ1n) is 9.02. The molecule has 1 heterocycles. The van der Waals surface area contributed by atoms with Gasteiger partial charge in [-0.2, -0.15) is 0 Å². The number of nitrogens with zero attached hydrogens (tertiary/aromatic N) is 2. The molecule has 0 radical (unpaired) electrons. The molecular weight excluding hydrogens is 316 g/mol. The second kappa shape index (κ2) is 8.13. The highest BCUT2D eigenvalue weighted by molar-refractivity contribution is 5.31. The van der Waals surface area contributed by atoms with Crippen molar-refractivity contribution in [2.75, 3.05) is 20.2 Å². The zero-order chi connectivity index (χ0) is 17.8. The number of aromatic nitrogens is 1. The average Bonchev–Trinajstić information content (AvgIpc) is 2.91. The molecule has 0 aliphatic heterocycles. The maximum Gasteiger partial charge on any atom is 0.138 e. The number of rotatable bonds is 7. The van der Waals surface area contributed by atoms with Crippen LogP contribution in [0.3, 0.4) is 0 Å². The van der Waals surface area contributed by atoms with Crippen LogP contribution >= 0.6 is 0 Å². The van der Waals surface area contributed by atoms with Crippen LogP contribution in [0.15, 0.2) is 28.8 Å². The molecule has 25 heavy (non-hydrogen) atoms. The van der Waals surface area contributed by atoms with E-state index in [1.165, 1.54) is 11.1 Å². The molecule has 1 aliphatic rings. The predicted molar refractivity (Wildman–Crippen MR) is 96.4 cm³/mol. The number of fused-ring (bicyclic) bond motifs is 1. The molecule has 2 unspecified atom stereocenters. The third-order valence-corrected chi connectivity index (χ3v) is 4.94.